The predicted octanol–water partition coefficient (Wildman–Crippen LogP) is 1.91. The number of aliphatic carboxylic acids is 1. The van der Waals surface area contributed by atoms with Gasteiger partial charge in [0.05, 0.1) is 0 Å². The number of hydrogen-bond donors (Lipinski definition) is 1. The highest BCUT2D eigenvalue weighted by molar-refractivity contribution is 7.18. The maximum Gasteiger partial charge on any atom is 0.341 e. The maximum atomic E-state index is 10.1. The summed E-state index contributed by atoms with van der Waals surface area (Å²) in [6.07, 6.45) is 0. The van der Waals surface area contributed by atoms with Crippen LogP contribution in [0.5, 0.6) is 5.19 Å². The van der Waals surface area contributed by atoms with Crippen LogP contribution in [0.25, 0.3) is 0 Å². The number of carboxylic acid groups (broad SMARTS) is 1. The van der Waals surface area contributed by atoms with Gasteiger partial charge in [-0.3, -0.25) is 0 Å². The first-order valence-electron chi connectivity index (χ1n) is 2.76. The molecule has 0 spiro atoms. The molecule has 1 aromatic rings. The number of hydrogen-bond acceptors (Lipinski definition) is 4. The Bertz CT molecular complexity index is 281. The van der Waals surface area contributed by atoms with E-state index in [1.807, 2.05) is 0 Å². The number of halogens is 2. The zero-order chi connectivity index (χ0) is 9.14. The summed E-state index contributed by atoms with van der Waals surface area (Å²) in [6.45, 7) is -0.444. The molecule has 1 heterocycles. The smallest absolute Gasteiger partial charge is 0.341 e. The Morgan fingerprint density at radius 3 is 2.75 bits per heavy atom. The SMILES string of the molecule is O=C(O)COc1nc(Cl)c(Cl)s1. The Hall–Kier alpha value is -0.520. The van der Waals surface area contributed by atoms with Gasteiger partial charge in [0.25, 0.3) is 5.19 Å². The third-order valence-electron chi connectivity index (χ3n) is 0.848. The first-order valence-corrected chi connectivity index (χ1v) is 4.33. The number of rotatable bonds is 3. The molecular weight excluding hydrogens is 225 g/mol. The molecule has 0 aromatic carbocycles. The second-order valence-corrected chi connectivity index (χ2v) is 3.65. The molecule has 0 aliphatic carbocycles. The second kappa shape index (κ2) is 3.93. The molecule has 0 radical (unpaired) electrons. The largest absolute Gasteiger partial charge is 0.479 e. The third-order valence-corrected chi connectivity index (χ3v) is 2.50. The Morgan fingerprint density at radius 2 is 2.33 bits per heavy atom. The quantitative estimate of drug-likeness (QED) is 0.858. The normalized spacial score (nSPS) is 9.83. The molecule has 0 unspecified atom stereocenters. The van der Waals surface area contributed by atoms with Gasteiger partial charge in [0.2, 0.25) is 0 Å². The van der Waals surface area contributed by atoms with Crippen molar-refractivity contribution in [3.8, 4) is 5.19 Å². The van der Waals surface area contributed by atoms with Gasteiger partial charge in [0, 0.05) is 0 Å². The van der Waals surface area contributed by atoms with Crippen molar-refractivity contribution in [2.24, 2.45) is 0 Å². The summed E-state index contributed by atoms with van der Waals surface area (Å²) >= 11 is 12.0. The molecule has 0 atom stereocenters. The average molecular weight is 228 g/mol. The van der Waals surface area contributed by atoms with Crippen molar-refractivity contribution in [1.82, 2.24) is 4.98 Å². The first-order chi connectivity index (χ1) is 5.59. The van der Waals surface area contributed by atoms with Crippen LogP contribution in [-0.2, 0) is 4.79 Å². The molecule has 1 N–H and O–H groups in total. The lowest BCUT2D eigenvalue weighted by molar-refractivity contribution is -0.139. The van der Waals surface area contributed by atoms with Gasteiger partial charge < -0.3 is 9.84 Å². The molecule has 0 saturated carbocycles. The van der Waals surface area contributed by atoms with Gasteiger partial charge in [-0.25, -0.2) is 4.79 Å². The van der Waals surface area contributed by atoms with Crippen molar-refractivity contribution >= 4 is 40.5 Å². The van der Waals surface area contributed by atoms with Crippen LogP contribution in [0.2, 0.25) is 9.49 Å². The minimum absolute atomic E-state index is 0.127. The summed E-state index contributed by atoms with van der Waals surface area (Å²) in [4.78, 5) is 13.7. The fourth-order valence-electron chi connectivity index (χ4n) is 0.451. The summed E-state index contributed by atoms with van der Waals surface area (Å²) in [7, 11) is 0. The monoisotopic (exact) mass is 227 g/mol. The summed E-state index contributed by atoms with van der Waals surface area (Å²) in [6, 6.07) is 0. The van der Waals surface area contributed by atoms with Crippen LogP contribution in [0.4, 0.5) is 0 Å². The zero-order valence-electron chi connectivity index (χ0n) is 5.58. The van der Waals surface area contributed by atoms with Gasteiger partial charge in [-0.15, -0.1) is 0 Å². The fraction of sp³-hybridized carbons (Fsp3) is 0.200. The minimum Gasteiger partial charge on any atom is -0.479 e. The highest BCUT2D eigenvalue weighted by Crippen LogP contribution is 2.32. The van der Waals surface area contributed by atoms with Gasteiger partial charge >= 0.3 is 5.97 Å². The van der Waals surface area contributed by atoms with Gasteiger partial charge in [0.1, 0.15) is 4.34 Å². The van der Waals surface area contributed by atoms with Crippen molar-refractivity contribution in [2.45, 2.75) is 0 Å². The molecule has 0 fully saturated rings. The van der Waals surface area contributed by atoms with E-state index in [0.717, 1.165) is 11.3 Å². The molecule has 12 heavy (non-hydrogen) atoms. The summed E-state index contributed by atoms with van der Waals surface area (Å²) in [5.74, 6) is -1.07. The van der Waals surface area contributed by atoms with E-state index < -0.39 is 12.6 Å². The summed E-state index contributed by atoms with van der Waals surface area (Å²) in [5.41, 5.74) is 0. The number of nitrogens with zero attached hydrogens (tertiary/aromatic N) is 1. The third kappa shape index (κ3) is 2.51. The van der Waals surface area contributed by atoms with Crippen molar-refractivity contribution < 1.29 is 14.6 Å². The van der Waals surface area contributed by atoms with E-state index in [0.29, 0.717) is 0 Å². The second-order valence-electron chi connectivity index (χ2n) is 1.73. The van der Waals surface area contributed by atoms with Gasteiger partial charge in [-0.1, -0.05) is 34.5 Å². The van der Waals surface area contributed by atoms with Crippen LogP contribution in [0.1, 0.15) is 0 Å². The molecule has 7 heteroatoms. The van der Waals surface area contributed by atoms with E-state index in [-0.39, 0.29) is 14.7 Å². The van der Waals surface area contributed by atoms with Crippen LogP contribution in [0, 0.1) is 0 Å². The molecule has 0 aliphatic heterocycles. The fourth-order valence-corrected chi connectivity index (χ4v) is 1.47. The number of aromatic nitrogens is 1. The van der Waals surface area contributed by atoms with Crippen LogP contribution in [0.15, 0.2) is 0 Å². The molecule has 4 nitrogen and oxygen atoms in total. The molecule has 0 amide bonds. The minimum atomic E-state index is -1.07. The van der Waals surface area contributed by atoms with E-state index in [1.165, 1.54) is 0 Å². The van der Waals surface area contributed by atoms with Crippen molar-refractivity contribution in [3.05, 3.63) is 9.49 Å². The van der Waals surface area contributed by atoms with E-state index in [1.54, 1.807) is 0 Å². The summed E-state index contributed by atoms with van der Waals surface area (Å²) < 4.78 is 5.00. The summed E-state index contributed by atoms with van der Waals surface area (Å²) in [5, 5.41) is 8.52. The molecule has 0 bridgehead atoms. The highest BCUT2D eigenvalue weighted by Gasteiger charge is 2.08. The lowest BCUT2D eigenvalue weighted by Crippen LogP contribution is -2.08. The molecule has 1 rings (SSSR count). The number of carbonyl (C=O) groups is 1. The zero-order valence-corrected chi connectivity index (χ0v) is 7.91. The van der Waals surface area contributed by atoms with Gasteiger partial charge in [-0.05, 0) is 0 Å². The van der Waals surface area contributed by atoms with Crippen molar-refractivity contribution in [1.29, 1.82) is 0 Å². The molecule has 1 aromatic heterocycles. The highest BCUT2D eigenvalue weighted by atomic mass is 35.5. The lowest BCUT2D eigenvalue weighted by atomic mass is 10.7. The Balaban J connectivity index is 2.58. The van der Waals surface area contributed by atoms with Gasteiger partial charge in [0.15, 0.2) is 11.8 Å². The van der Waals surface area contributed by atoms with E-state index in [2.05, 4.69) is 4.98 Å². The van der Waals surface area contributed by atoms with Crippen LogP contribution >= 0.6 is 34.5 Å². The first kappa shape index (κ1) is 9.57. The topological polar surface area (TPSA) is 59.4 Å². The standard InChI is InChI=1S/C5H3Cl2NO3S/c6-3-4(7)12-5(8-3)11-1-2(9)10/h1H2,(H,9,10). The average Bonchev–Trinajstić information content (AvgIpc) is 2.28. The van der Waals surface area contributed by atoms with E-state index >= 15 is 0 Å². The lowest BCUT2D eigenvalue weighted by Gasteiger charge is -1.94. The number of thiazole rings is 1. The van der Waals surface area contributed by atoms with Crippen molar-refractivity contribution in [2.75, 3.05) is 6.61 Å². The maximum absolute atomic E-state index is 10.1. The molecule has 66 valence electrons. The Labute approximate surface area is 81.7 Å². The molecule has 0 saturated heterocycles. The molecule has 0 aliphatic rings. The van der Waals surface area contributed by atoms with E-state index in [4.69, 9.17) is 33.0 Å². The van der Waals surface area contributed by atoms with Gasteiger partial charge in [-0.2, -0.15) is 4.98 Å². The number of ether oxygens (including phenoxy) is 1. The Morgan fingerprint density at radius 1 is 1.67 bits per heavy atom. The Kier molecular flexibility index (Phi) is 3.13. The molecular formula is C5H3Cl2NO3S. The van der Waals surface area contributed by atoms with Crippen LogP contribution in [-0.4, -0.2) is 22.7 Å². The van der Waals surface area contributed by atoms with Crippen LogP contribution < -0.4 is 4.74 Å². The predicted molar refractivity (Wildman–Crippen MR) is 45.3 cm³/mol. The number of carboxylic acids is 1. The van der Waals surface area contributed by atoms with E-state index in [9.17, 15) is 4.79 Å². The van der Waals surface area contributed by atoms with Crippen LogP contribution in [0.3, 0.4) is 0 Å². The van der Waals surface area contributed by atoms with Crippen molar-refractivity contribution in [3.63, 3.8) is 0 Å².